The Morgan fingerprint density at radius 1 is 1.38 bits per heavy atom. The third-order valence-electron chi connectivity index (χ3n) is 3.26. The van der Waals surface area contributed by atoms with Gasteiger partial charge < -0.3 is 9.73 Å². The zero-order valence-corrected chi connectivity index (χ0v) is 10.3. The van der Waals surface area contributed by atoms with E-state index in [1.165, 1.54) is 18.4 Å². The summed E-state index contributed by atoms with van der Waals surface area (Å²) in [4.78, 5) is 2.37. The highest BCUT2D eigenvalue weighted by molar-refractivity contribution is 5.17. The van der Waals surface area contributed by atoms with E-state index in [2.05, 4.69) is 30.1 Å². The summed E-state index contributed by atoms with van der Waals surface area (Å²) in [6.45, 7) is 8.42. The molecule has 1 aliphatic rings. The number of nitrogens with zero attached hydrogens (tertiary/aromatic N) is 1. The van der Waals surface area contributed by atoms with Crippen molar-refractivity contribution < 1.29 is 4.42 Å². The number of hydrogen-bond donors (Lipinski definition) is 1. The molecule has 3 nitrogen and oxygen atoms in total. The molecule has 0 atom stereocenters. The number of hydrogen-bond acceptors (Lipinski definition) is 3. The Hall–Kier alpha value is -0.800. The molecule has 0 saturated heterocycles. The molecule has 3 heteroatoms. The first kappa shape index (κ1) is 11.7. The van der Waals surface area contributed by atoms with Crippen LogP contribution < -0.4 is 5.32 Å². The first-order chi connectivity index (χ1) is 7.83. The van der Waals surface area contributed by atoms with Crippen molar-refractivity contribution in [2.24, 2.45) is 0 Å². The van der Waals surface area contributed by atoms with Gasteiger partial charge in [0.05, 0.1) is 12.8 Å². The second-order valence-electron chi connectivity index (χ2n) is 4.49. The largest absolute Gasteiger partial charge is 0.468 e. The Balaban J connectivity index is 1.89. The van der Waals surface area contributed by atoms with Gasteiger partial charge in [-0.2, -0.15) is 0 Å². The lowest BCUT2D eigenvalue weighted by molar-refractivity contribution is 0.267. The highest BCUT2D eigenvalue weighted by atomic mass is 16.3. The van der Waals surface area contributed by atoms with Crippen molar-refractivity contribution in [3.8, 4) is 0 Å². The summed E-state index contributed by atoms with van der Waals surface area (Å²) in [5.41, 5.74) is 1.32. The molecule has 0 aliphatic heterocycles. The Morgan fingerprint density at radius 2 is 2.12 bits per heavy atom. The van der Waals surface area contributed by atoms with Crippen LogP contribution >= 0.6 is 0 Å². The standard InChI is InChI=1S/C13H22N2O/c1-3-15(4-2)10-13-11(7-8-16-13)9-14-12-5-6-12/h7-8,12,14H,3-6,9-10H2,1-2H3. The molecule has 2 rings (SSSR count). The highest BCUT2D eigenvalue weighted by Crippen LogP contribution is 2.20. The van der Waals surface area contributed by atoms with Crippen molar-refractivity contribution >= 4 is 0 Å². The van der Waals surface area contributed by atoms with Gasteiger partial charge in [0.1, 0.15) is 5.76 Å². The summed E-state index contributed by atoms with van der Waals surface area (Å²) in [6, 6.07) is 2.85. The average Bonchev–Trinajstić information content (AvgIpc) is 3.03. The minimum atomic E-state index is 0.760. The van der Waals surface area contributed by atoms with Crippen molar-refractivity contribution in [1.29, 1.82) is 0 Å². The lowest BCUT2D eigenvalue weighted by atomic mass is 10.2. The molecule has 1 aliphatic carbocycles. The smallest absolute Gasteiger partial charge is 0.122 e. The summed E-state index contributed by atoms with van der Waals surface area (Å²) in [7, 11) is 0. The van der Waals surface area contributed by atoms with Gasteiger partial charge in [-0.25, -0.2) is 0 Å². The van der Waals surface area contributed by atoms with E-state index < -0.39 is 0 Å². The predicted octanol–water partition coefficient (Wildman–Crippen LogP) is 2.37. The van der Waals surface area contributed by atoms with E-state index in [0.29, 0.717) is 0 Å². The molecule has 16 heavy (non-hydrogen) atoms. The van der Waals surface area contributed by atoms with Crippen LogP contribution in [0.3, 0.4) is 0 Å². The molecular formula is C13H22N2O. The van der Waals surface area contributed by atoms with Gasteiger partial charge in [-0.05, 0) is 32.0 Å². The minimum Gasteiger partial charge on any atom is -0.468 e. The van der Waals surface area contributed by atoms with E-state index in [9.17, 15) is 0 Å². The van der Waals surface area contributed by atoms with Crippen LogP contribution in [0, 0.1) is 0 Å². The van der Waals surface area contributed by atoms with Gasteiger partial charge in [0.25, 0.3) is 0 Å². The summed E-state index contributed by atoms with van der Waals surface area (Å²) in [5.74, 6) is 1.12. The zero-order chi connectivity index (χ0) is 11.4. The second kappa shape index (κ2) is 5.51. The average molecular weight is 222 g/mol. The van der Waals surface area contributed by atoms with Gasteiger partial charge in [0.2, 0.25) is 0 Å². The van der Waals surface area contributed by atoms with Crippen molar-refractivity contribution in [1.82, 2.24) is 10.2 Å². The van der Waals surface area contributed by atoms with Crippen molar-refractivity contribution in [2.45, 2.75) is 45.8 Å². The molecule has 90 valence electrons. The lowest BCUT2D eigenvalue weighted by Crippen LogP contribution is -2.23. The zero-order valence-electron chi connectivity index (χ0n) is 10.3. The molecule has 1 heterocycles. The molecule has 0 aromatic carbocycles. The Morgan fingerprint density at radius 3 is 2.75 bits per heavy atom. The summed E-state index contributed by atoms with van der Waals surface area (Å²) >= 11 is 0. The topological polar surface area (TPSA) is 28.4 Å². The first-order valence-corrected chi connectivity index (χ1v) is 6.34. The maximum Gasteiger partial charge on any atom is 0.122 e. The fourth-order valence-electron chi connectivity index (χ4n) is 1.86. The van der Waals surface area contributed by atoms with Crippen molar-refractivity contribution in [2.75, 3.05) is 13.1 Å². The normalized spacial score (nSPS) is 15.9. The number of furan rings is 1. The molecule has 0 bridgehead atoms. The molecule has 1 saturated carbocycles. The second-order valence-corrected chi connectivity index (χ2v) is 4.49. The van der Waals surface area contributed by atoms with E-state index in [0.717, 1.165) is 38.0 Å². The van der Waals surface area contributed by atoms with Gasteiger partial charge in [0, 0.05) is 18.2 Å². The van der Waals surface area contributed by atoms with Crippen LogP contribution in [0.15, 0.2) is 16.7 Å². The first-order valence-electron chi connectivity index (χ1n) is 6.34. The monoisotopic (exact) mass is 222 g/mol. The molecule has 0 amide bonds. The van der Waals surface area contributed by atoms with Crippen molar-refractivity contribution in [3.63, 3.8) is 0 Å². The Labute approximate surface area is 97.8 Å². The summed E-state index contributed by atoms with van der Waals surface area (Å²) in [6.07, 6.45) is 4.48. The van der Waals surface area contributed by atoms with Crippen LogP contribution in [-0.4, -0.2) is 24.0 Å². The van der Waals surface area contributed by atoms with Gasteiger partial charge in [-0.1, -0.05) is 13.8 Å². The number of rotatable bonds is 7. The summed E-state index contributed by atoms with van der Waals surface area (Å²) < 4.78 is 5.57. The highest BCUT2D eigenvalue weighted by Gasteiger charge is 2.21. The van der Waals surface area contributed by atoms with Crippen LogP contribution in [-0.2, 0) is 13.1 Å². The van der Waals surface area contributed by atoms with Gasteiger partial charge in [-0.3, -0.25) is 4.90 Å². The minimum absolute atomic E-state index is 0.760. The van der Waals surface area contributed by atoms with Crippen LogP contribution in [0.4, 0.5) is 0 Å². The van der Waals surface area contributed by atoms with Crippen LogP contribution in [0.25, 0.3) is 0 Å². The van der Waals surface area contributed by atoms with Crippen LogP contribution in [0.5, 0.6) is 0 Å². The van der Waals surface area contributed by atoms with Gasteiger partial charge in [-0.15, -0.1) is 0 Å². The maximum atomic E-state index is 5.57. The van der Waals surface area contributed by atoms with E-state index in [4.69, 9.17) is 4.42 Å². The molecular weight excluding hydrogens is 200 g/mol. The maximum absolute atomic E-state index is 5.57. The predicted molar refractivity (Wildman–Crippen MR) is 65.2 cm³/mol. The Kier molecular flexibility index (Phi) is 4.02. The molecule has 1 aromatic rings. The summed E-state index contributed by atoms with van der Waals surface area (Å²) in [5, 5.41) is 3.53. The SMILES string of the molecule is CCN(CC)Cc1occc1CNC1CC1. The lowest BCUT2D eigenvalue weighted by Gasteiger charge is -2.17. The van der Waals surface area contributed by atoms with E-state index >= 15 is 0 Å². The fourth-order valence-corrected chi connectivity index (χ4v) is 1.86. The molecule has 1 aromatic heterocycles. The molecule has 0 radical (unpaired) electrons. The molecule has 1 fully saturated rings. The molecule has 0 spiro atoms. The fraction of sp³-hybridized carbons (Fsp3) is 0.692. The van der Waals surface area contributed by atoms with E-state index in [1.54, 1.807) is 0 Å². The third kappa shape index (κ3) is 3.09. The van der Waals surface area contributed by atoms with Crippen LogP contribution in [0.1, 0.15) is 38.0 Å². The third-order valence-corrected chi connectivity index (χ3v) is 3.26. The van der Waals surface area contributed by atoms with Crippen molar-refractivity contribution in [3.05, 3.63) is 23.7 Å². The van der Waals surface area contributed by atoms with E-state index in [-0.39, 0.29) is 0 Å². The van der Waals surface area contributed by atoms with E-state index in [1.807, 2.05) is 6.26 Å². The van der Waals surface area contributed by atoms with Gasteiger partial charge >= 0.3 is 0 Å². The number of nitrogens with one attached hydrogen (secondary N) is 1. The quantitative estimate of drug-likeness (QED) is 0.767. The van der Waals surface area contributed by atoms with Crippen LogP contribution in [0.2, 0.25) is 0 Å². The Bertz CT molecular complexity index is 313. The molecule has 0 unspecified atom stereocenters. The molecule has 1 N–H and O–H groups in total. The van der Waals surface area contributed by atoms with Gasteiger partial charge in [0.15, 0.2) is 0 Å².